The molecule has 0 radical (unpaired) electrons. The van der Waals surface area contributed by atoms with Gasteiger partial charge in [-0.15, -0.1) is 0 Å². The monoisotopic (exact) mass is 452 g/mol. The molecule has 0 aliphatic rings. The van der Waals surface area contributed by atoms with E-state index < -0.39 is 17.0 Å². The number of aryl methyl sites for hydroxylation is 3. The number of ether oxygens (including phenoxy) is 1. The van der Waals surface area contributed by atoms with Gasteiger partial charge in [-0.05, 0) is 50.1 Å². The fraction of sp³-hybridized carbons (Fsp3) is 0.107. The van der Waals surface area contributed by atoms with Crippen LogP contribution in [-0.2, 0) is 0 Å². The molecule has 5 rings (SSSR count). The van der Waals surface area contributed by atoms with Gasteiger partial charge in [-0.2, -0.15) is 0 Å². The summed E-state index contributed by atoms with van der Waals surface area (Å²) >= 11 is 0. The Kier molecular flexibility index (Phi) is 5.13. The summed E-state index contributed by atoms with van der Waals surface area (Å²) in [7, 11) is 0. The number of hydrogen-bond donors (Lipinski definition) is 0. The van der Waals surface area contributed by atoms with E-state index in [4.69, 9.17) is 13.6 Å². The van der Waals surface area contributed by atoms with Gasteiger partial charge in [0.15, 0.2) is 5.76 Å². The van der Waals surface area contributed by atoms with Crippen LogP contribution in [0.5, 0.6) is 5.75 Å². The first-order chi connectivity index (χ1) is 16.3. The third-order valence-corrected chi connectivity index (χ3v) is 5.67. The fourth-order valence-corrected chi connectivity index (χ4v) is 4.01. The smallest absolute Gasteiger partial charge is 0.351 e. The zero-order chi connectivity index (χ0) is 24.0. The average molecular weight is 452 g/mol. The summed E-state index contributed by atoms with van der Waals surface area (Å²) in [6.45, 7) is 5.64. The Labute approximate surface area is 194 Å². The third kappa shape index (κ3) is 3.69. The quantitative estimate of drug-likeness (QED) is 0.257. The minimum absolute atomic E-state index is 0.112. The van der Waals surface area contributed by atoms with Gasteiger partial charge in [0.25, 0.3) is 0 Å². The highest BCUT2D eigenvalue weighted by molar-refractivity contribution is 5.95. The SMILES string of the molecule is Cc1ccc(-c2oc3cc(C)cc(C)c3c(=O)c2OC(=O)c2cc3ccccc3oc2=O)cc1. The summed E-state index contributed by atoms with van der Waals surface area (Å²) in [6, 6.07) is 19.1. The van der Waals surface area contributed by atoms with Crippen LogP contribution in [0.25, 0.3) is 33.3 Å². The standard InChI is InChI=1S/C28H20O6/c1-15-8-10-18(11-9-15)25-26(24(29)23-17(3)12-16(2)13-22(23)32-25)34-28(31)20-14-19-6-4-5-7-21(19)33-27(20)30/h4-14H,1-3H3. The lowest BCUT2D eigenvalue weighted by Crippen LogP contribution is -2.22. The second kappa shape index (κ2) is 8.15. The van der Waals surface area contributed by atoms with Crippen LogP contribution in [0.15, 0.2) is 85.2 Å². The zero-order valence-corrected chi connectivity index (χ0v) is 18.8. The number of rotatable bonds is 3. The van der Waals surface area contributed by atoms with Gasteiger partial charge >= 0.3 is 11.6 Å². The van der Waals surface area contributed by atoms with Crippen LogP contribution < -0.4 is 15.8 Å². The van der Waals surface area contributed by atoms with Gasteiger partial charge in [-0.3, -0.25) is 4.79 Å². The van der Waals surface area contributed by atoms with Gasteiger partial charge in [-0.25, -0.2) is 9.59 Å². The molecule has 0 aliphatic carbocycles. The van der Waals surface area contributed by atoms with E-state index in [1.165, 1.54) is 6.07 Å². The lowest BCUT2D eigenvalue weighted by atomic mass is 10.0. The second-order valence-electron chi connectivity index (χ2n) is 8.29. The summed E-state index contributed by atoms with van der Waals surface area (Å²) in [5.74, 6) is -1.16. The molecule has 168 valence electrons. The van der Waals surface area contributed by atoms with Crippen molar-refractivity contribution in [1.82, 2.24) is 0 Å². The summed E-state index contributed by atoms with van der Waals surface area (Å²) in [4.78, 5) is 39.1. The molecule has 34 heavy (non-hydrogen) atoms. The van der Waals surface area contributed by atoms with Gasteiger partial charge in [0.1, 0.15) is 16.7 Å². The Morgan fingerprint density at radius 3 is 2.29 bits per heavy atom. The molecule has 2 aromatic heterocycles. The lowest BCUT2D eigenvalue weighted by Gasteiger charge is -2.12. The molecule has 0 amide bonds. The molecule has 0 atom stereocenters. The van der Waals surface area contributed by atoms with Crippen molar-refractivity contribution >= 4 is 27.9 Å². The fourth-order valence-electron chi connectivity index (χ4n) is 4.01. The van der Waals surface area contributed by atoms with Crippen molar-refractivity contribution in [2.75, 3.05) is 0 Å². The van der Waals surface area contributed by atoms with E-state index >= 15 is 0 Å². The molecular weight excluding hydrogens is 432 g/mol. The first-order valence-corrected chi connectivity index (χ1v) is 10.7. The maximum atomic E-state index is 13.5. The number of benzene rings is 3. The van der Waals surface area contributed by atoms with Gasteiger partial charge in [0.2, 0.25) is 11.2 Å². The predicted molar refractivity (Wildman–Crippen MR) is 130 cm³/mol. The number of para-hydroxylation sites is 1. The molecule has 0 saturated heterocycles. The number of carbonyl (C=O) groups is 1. The topological polar surface area (TPSA) is 86.7 Å². The normalized spacial score (nSPS) is 11.1. The van der Waals surface area contributed by atoms with E-state index in [1.807, 2.05) is 32.0 Å². The molecule has 0 unspecified atom stereocenters. The Bertz CT molecular complexity index is 1700. The average Bonchev–Trinajstić information content (AvgIpc) is 2.80. The van der Waals surface area contributed by atoms with Crippen LogP contribution in [-0.4, -0.2) is 5.97 Å². The molecule has 0 N–H and O–H groups in total. The summed E-state index contributed by atoms with van der Waals surface area (Å²) in [5.41, 5.74) is 2.30. The number of hydrogen-bond acceptors (Lipinski definition) is 6. The molecule has 6 nitrogen and oxygen atoms in total. The Hall–Kier alpha value is -4.45. The highest BCUT2D eigenvalue weighted by Crippen LogP contribution is 2.33. The van der Waals surface area contributed by atoms with Crippen LogP contribution in [0.4, 0.5) is 0 Å². The Morgan fingerprint density at radius 2 is 1.53 bits per heavy atom. The molecule has 0 saturated carbocycles. The van der Waals surface area contributed by atoms with E-state index in [0.29, 0.717) is 33.1 Å². The van der Waals surface area contributed by atoms with Crippen LogP contribution in [0, 0.1) is 20.8 Å². The predicted octanol–water partition coefficient (Wildman–Crippen LogP) is 5.71. The van der Waals surface area contributed by atoms with Crippen molar-refractivity contribution in [2.45, 2.75) is 20.8 Å². The first-order valence-electron chi connectivity index (χ1n) is 10.7. The Balaban J connectivity index is 1.71. The van der Waals surface area contributed by atoms with Crippen LogP contribution >= 0.6 is 0 Å². The maximum absolute atomic E-state index is 13.5. The van der Waals surface area contributed by atoms with E-state index in [1.54, 1.807) is 49.4 Å². The summed E-state index contributed by atoms with van der Waals surface area (Å²) < 4.78 is 16.9. The maximum Gasteiger partial charge on any atom is 0.351 e. The molecule has 3 aromatic carbocycles. The zero-order valence-electron chi connectivity index (χ0n) is 18.8. The first kappa shape index (κ1) is 21.4. The van der Waals surface area contributed by atoms with E-state index in [0.717, 1.165) is 11.1 Å². The third-order valence-electron chi connectivity index (χ3n) is 5.67. The van der Waals surface area contributed by atoms with Crippen LogP contribution in [0.3, 0.4) is 0 Å². The number of esters is 1. The lowest BCUT2D eigenvalue weighted by molar-refractivity contribution is 0.0727. The van der Waals surface area contributed by atoms with E-state index in [-0.39, 0.29) is 17.1 Å². The van der Waals surface area contributed by atoms with Gasteiger partial charge in [0.05, 0.1) is 5.39 Å². The van der Waals surface area contributed by atoms with Gasteiger partial charge < -0.3 is 13.6 Å². The van der Waals surface area contributed by atoms with Crippen molar-refractivity contribution < 1.29 is 18.4 Å². The Morgan fingerprint density at radius 1 is 0.794 bits per heavy atom. The van der Waals surface area contributed by atoms with Gasteiger partial charge in [0, 0.05) is 10.9 Å². The highest BCUT2D eigenvalue weighted by Gasteiger charge is 2.24. The number of fused-ring (bicyclic) bond motifs is 2. The largest absolute Gasteiger partial charge is 0.452 e. The van der Waals surface area contributed by atoms with E-state index in [2.05, 4.69) is 0 Å². The molecule has 5 aromatic rings. The summed E-state index contributed by atoms with van der Waals surface area (Å²) in [5, 5.41) is 0.875. The van der Waals surface area contributed by atoms with Crippen molar-refractivity contribution in [3.63, 3.8) is 0 Å². The van der Waals surface area contributed by atoms with Crippen molar-refractivity contribution in [1.29, 1.82) is 0 Å². The minimum atomic E-state index is -0.996. The number of carbonyl (C=O) groups excluding carboxylic acids is 1. The summed E-state index contributed by atoms with van der Waals surface area (Å²) in [6.07, 6.45) is 0. The molecule has 6 heteroatoms. The van der Waals surface area contributed by atoms with Gasteiger partial charge in [-0.1, -0.05) is 54.1 Å². The second-order valence-corrected chi connectivity index (χ2v) is 8.29. The van der Waals surface area contributed by atoms with Crippen LogP contribution in [0.1, 0.15) is 27.0 Å². The van der Waals surface area contributed by atoms with Crippen LogP contribution in [0.2, 0.25) is 0 Å². The molecule has 0 spiro atoms. The van der Waals surface area contributed by atoms with E-state index in [9.17, 15) is 14.4 Å². The van der Waals surface area contributed by atoms with Crippen molar-refractivity contribution in [3.8, 4) is 17.1 Å². The molecule has 0 aliphatic heterocycles. The highest BCUT2D eigenvalue weighted by atomic mass is 16.5. The molecule has 2 heterocycles. The molecule has 0 bridgehead atoms. The molecular formula is C28H20O6. The minimum Gasteiger partial charge on any atom is -0.452 e. The van der Waals surface area contributed by atoms with Crippen molar-refractivity contribution in [2.24, 2.45) is 0 Å². The van der Waals surface area contributed by atoms with Crippen molar-refractivity contribution in [3.05, 3.63) is 110 Å². The molecule has 0 fully saturated rings.